The zero-order chi connectivity index (χ0) is 19.5. The smallest absolute Gasteiger partial charge is 0.271 e. The molecule has 0 saturated carbocycles. The minimum atomic E-state index is -0.237. The van der Waals surface area contributed by atoms with Crippen molar-refractivity contribution < 1.29 is 9.53 Å². The SMILES string of the molecule is CCCCCCOc1ccc(C(=O)NN=Cc2ccc(C(C)C)cc2)cc1. The zero-order valence-electron chi connectivity index (χ0n) is 16.6. The first-order valence-electron chi connectivity index (χ1n) is 9.76. The predicted molar refractivity (Wildman–Crippen MR) is 112 cm³/mol. The maximum atomic E-state index is 12.2. The van der Waals surface area contributed by atoms with Crippen LogP contribution in [0.1, 0.15) is 73.9 Å². The van der Waals surface area contributed by atoms with Crippen LogP contribution in [-0.4, -0.2) is 18.7 Å². The van der Waals surface area contributed by atoms with E-state index in [4.69, 9.17) is 4.74 Å². The number of rotatable bonds is 10. The van der Waals surface area contributed by atoms with Crippen LogP contribution in [0, 0.1) is 0 Å². The molecule has 0 aliphatic rings. The Balaban J connectivity index is 1.79. The van der Waals surface area contributed by atoms with E-state index in [1.165, 1.54) is 24.8 Å². The standard InChI is InChI=1S/C23H30N2O2/c1-4-5-6-7-16-27-22-14-12-21(13-15-22)23(26)25-24-17-19-8-10-20(11-9-19)18(2)3/h8-15,17-18H,4-7,16H2,1-3H3,(H,25,26). The summed E-state index contributed by atoms with van der Waals surface area (Å²) in [5.74, 6) is 1.05. The molecule has 0 atom stereocenters. The van der Waals surface area contributed by atoms with E-state index in [-0.39, 0.29) is 5.91 Å². The van der Waals surface area contributed by atoms with Gasteiger partial charge in [-0.2, -0.15) is 5.10 Å². The fourth-order valence-electron chi connectivity index (χ4n) is 2.62. The summed E-state index contributed by atoms with van der Waals surface area (Å²) in [5.41, 5.74) is 5.35. The quantitative estimate of drug-likeness (QED) is 0.341. The van der Waals surface area contributed by atoms with Gasteiger partial charge < -0.3 is 4.74 Å². The fourth-order valence-corrected chi connectivity index (χ4v) is 2.62. The van der Waals surface area contributed by atoms with Crippen molar-refractivity contribution in [2.75, 3.05) is 6.61 Å². The lowest BCUT2D eigenvalue weighted by Gasteiger charge is -2.07. The molecule has 0 radical (unpaired) electrons. The molecule has 0 bridgehead atoms. The zero-order valence-corrected chi connectivity index (χ0v) is 16.6. The van der Waals surface area contributed by atoms with Gasteiger partial charge in [0, 0.05) is 5.56 Å². The van der Waals surface area contributed by atoms with Gasteiger partial charge in [-0.05, 0) is 47.7 Å². The van der Waals surface area contributed by atoms with Gasteiger partial charge in [0.05, 0.1) is 12.8 Å². The predicted octanol–water partition coefficient (Wildman–Crippen LogP) is 5.53. The summed E-state index contributed by atoms with van der Waals surface area (Å²) in [6.07, 6.45) is 6.36. The number of carbonyl (C=O) groups excluding carboxylic acids is 1. The van der Waals surface area contributed by atoms with Gasteiger partial charge >= 0.3 is 0 Å². The Labute approximate surface area is 162 Å². The molecular weight excluding hydrogens is 336 g/mol. The van der Waals surface area contributed by atoms with Gasteiger partial charge in [-0.3, -0.25) is 4.79 Å². The second-order valence-electron chi connectivity index (χ2n) is 6.95. The number of hydrogen-bond acceptors (Lipinski definition) is 3. The second kappa shape index (κ2) is 11.2. The van der Waals surface area contributed by atoms with Gasteiger partial charge in [-0.15, -0.1) is 0 Å². The van der Waals surface area contributed by atoms with Crippen LogP contribution in [0.3, 0.4) is 0 Å². The van der Waals surface area contributed by atoms with Gasteiger partial charge in [0.1, 0.15) is 5.75 Å². The Kier molecular flexibility index (Phi) is 8.56. The minimum absolute atomic E-state index is 0.237. The number of carbonyl (C=O) groups is 1. The Hall–Kier alpha value is -2.62. The first-order valence-corrected chi connectivity index (χ1v) is 9.76. The van der Waals surface area contributed by atoms with Crippen LogP contribution in [0.4, 0.5) is 0 Å². The van der Waals surface area contributed by atoms with Crippen LogP contribution in [-0.2, 0) is 0 Å². The highest BCUT2D eigenvalue weighted by Gasteiger charge is 2.04. The topological polar surface area (TPSA) is 50.7 Å². The average molecular weight is 367 g/mol. The van der Waals surface area contributed by atoms with Gasteiger partial charge in [0.15, 0.2) is 0 Å². The van der Waals surface area contributed by atoms with Crippen molar-refractivity contribution in [3.63, 3.8) is 0 Å². The van der Waals surface area contributed by atoms with E-state index >= 15 is 0 Å². The van der Waals surface area contributed by atoms with Crippen molar-refractivity contribution in [1.29, 1.82) is 0 Å². The highest BCUT2D eigenvalue weighted by atomic mass is 16.5. The Morgan fingerprint density at radius 2 is 1.74 bits per heavy atom. The Morgan fingerprint density at radius 1 is 1.04 bits per heavy atom. The second-order valence-corrected chi connectivity index (χ2v) is 6.95. The first-order chi connectivity index (χ1) is 13.1. The number of nitrogens with zero attached hydrogens (tertiary/aromatic N) is 1. The van der Waals surface area contributed by atoms with Crippen LogP contribution in [0.2, 0.25) is 0 Å². The van der Waals surface area contributed by atoms with Gasteiger partial charge in [-0.1, -0.05) is 64.3 Å². The van der Waals surface area contributed by atoms with Crippen molar-refractivity contribution in [2.45, 2.75) is 52.4 Å². The number of hydrogen-bond donors (Lipinski definition) is 1. The van der Waals surface area contributed by atoms with Crippen molar-refractivity contribution in [3.8, 4) is 5.75 Å². The number of benzene rings is 2. The highest BCUT2D eigenvalue weighted by Crippen LogP contribution is 2.14. The molecule has 1 N–H and O–H groups in total. The van der Waals surface area contributed by atoms with Crippen molar-refractivity contribution in [3.05, 3.63) is 65.2 Å². The molecule has 0 aromatic heterocycles. The monoisotopic (exact) mass is 366 g/mol. The summed E-state index contributed by atoms with van der Waals surface area (Å²) in [6, 6.07) is 15.3. The summed E-state index contributed by atoms with van der Waals surface area (Å²) in [7, 11) is 0. The van der Waals surface area contributed by atoms with Crippen LogP contribution in [0.15, 0.2) is 53.6 Å². The number of nitrogens with one attached hydrogen (secondary N) is 1. The summed E-state index contributed by atoms with van der Waals surface area (Å²) in [6.45, 7) is 7.22. The molecule has 0 aliphatic carbocycles. The molecule has 0 unspecified atom stereocenters. The summed E-state index contributed by atoms with van der Waals surface area (Å²) >= 11 is 0. The van der Waals surface area contributed by atoms with Crippen LogP contribution < -0.4 is 10.2 Å². The van der Waals surface area contributed by atoms with Gasteiger partial charge in [0.25, 0.3) is 5.91 Å². The van der Waals surface area contributed by atoms with Crippen LogP contribution in [0.25, 0.3) is 0 Å². The maximum absolute atomic E-state index is 12.2. The van der Waals surface area contributed by atoms with Crippen molar-refractivity contribution in [2.24, 2.45) is 5.10 Å². The number of unbranched alkanes of at least 4 members (excludes halogenated alkanes) is 3. The maximum Gasteiger partial charge on any atom is 0.271 e. The lowest BCUT2D eigenvalue weighted by molar-refractivity contribution is 0.0955. The molecule has 0 heterocycles. The van der Waals surface area contributed by atoms with Gasteiger partial charge in [0.2, 0.25) is 0 Å². The largest absolute Gasteiger partial charge is 0.494 e. The third-order valence-corrected chi connectivity index (χ3v) is 4.37. The van der Waals surface area contributed by atoms with E-state index in [1.807, 2.05) is 24.3 Å². The van der Waals surface area contributed by atoms with Crippen molar-refractivity contribution in [1.82, 2.24) is 5.43 Å². The number of hydrazone groups is 1. The van der Waals surface area contributed by atoms with E-state index in [2.05, 4.69) is 43.4 Å². The molecule has 2 aromatic rings. The third kappa shape index (κ3) is 7.26. The lowest BCUT2D eigenvalue weighted by Crippen LogP contribution is -2.17. The summed E-state index contributed by atoms with van der Waals surface area (Å²) < 4.78 is 5.69. The molecule has 4 heteroatoms. The molecule has 144 valence electrons. The molecule has 2 rings (SSSR count). The van der Waals surface area contributed by atoms with Crippen molar-refractivity contribution >= 4 is 12.1 Å². The van der Waals surface area contributed by atoms with E-state index in [1.54, 1.807) is 18.3 Å². The normalized spacial score (nSPS) is 11.1. The van der Waals surface area contributed by atoms with Crippen LogP contribution >= 0.6 is 0 Å². The fraction of sp³-hybridized carbons (Fsp3) is 0.391. The molecule has 0 fully saturated rings. The van der Waals surface area contributed by atoms with E-state index in [9.17, 15) is 4.79 Å². The summed E-state index contributed by atoms with van der Waals surface area (Å²) in [4.78, 5) is 12.2. The molecule has 0 saturated heterocycles. The van der Waals surface area contributed by atoms with E-state index in [0.29, 0.717) is 18.1 Å². The number of amides is 1. The summed E-state index contributed by atoms with van der Waals surface area (Å²) in [5, 5.41) is 4.04. The average Bonchev–Trinajstić information content (AvgIpc) is 2.68. The molecule has 27 heavy (non-hydrogen) atoms. The van der Waals surface area contributed by atoms with Crippen LogP contribution in [0.5, 0.6) is 5.75 Å². The molecular formula is C23H30N2O2. The highest BCUT2D eigenvalue weighted by molar-refractivity contribution is 5.95. The Bertz CT molecular complexity index is 719. The first kappa shape index (κ1) is 20.7. The minimum Gasteiger partial charge on any atom is -0.494 e. The molecule has 0 aliphatic heterocycles. The lowest BCUT2D eigenvalue weighted by atomic mass is 10.0. The van der Waals surface area contributed by atoms with E-state index < -0.39 is 0 Å². The molecule has 4 nitrogen and oxygen atoms in total. The molecule has 1 amide bonds. The molecule has 0 spiro atoms. The van der Waals surface area contributed by atoms with Gasteiger partial charge in [-0.25, -0.2) is 5.43 Å². The third-order valence-electron chi connectivity index (χ3n) is 4.37. The van der Waals surface area contributed by atoms with E-state index in [0.717, 1.165) is 17.7 Å². The number of ether oxygens (including phenoxy) is 1. The Morgan fingerprint density at radius 3 is 2.37 bits per heavy atom. The molecule has 2 aromatic carbocycles.